The number of benzene rings is 1. The van der Waals surface area contributed by atoms with Crippen LogP contribution >= 0.6 is 0 Å². The fourth-order valence-electron chi connectivity index (χ4n) is 7.37. The van der Waals surface area contributed by atoms with E-state index in [9.17, 15) is 19.2 Å². The average Bonchev–Trinajstić information content (AvgIpc) is 3.01. The summed E-state index contributed by atoms with van der Waals surface area (Å²) in [5.41, 5.74) is -0.501. The first-order valence-electron chi connectivity index (χ1n) is 16.6. The summed E-state index contributed by atoms with van der Waals surface area (Å²) in [4.78, 5) is 56.1. The van der Waals surface area contributed by atoms with Crippen LogP contribution < -0.4 is 10.6 Å². The predicted molar refractivity (Wildman–Crippen MR) is 168 cm³/mol. The summed E-state index contributed by atoms with van der Waals surface area (Å²) in [6, 6.07) is 8.89. The van der Waals surface area contributed by atoms with Crippen LogP contribution in [0.25, 0.3) is 0 Å². The normalized spacial score (nSPS) is 25.1. The van der Waals surface area contributed by atoms with Crippen molar-refractivity contribution in [3.63, 3.8) is 0 Å². The molecule has 10 nitrogen and oxygen atoms in total. The van der Waals surface area contributed by atoms with E-state index in [1.54, 1.807) is 9.80 Å². The van der Waals surface area contributed by atoms with E-state index >= 15 is 0 Å². The molecule has 2 N–H and O–H groups in total. The number of carbonyl (C=O) groups is 4. The Labute approximate surface area is 262 Å². The topological polar surface area (TPSA) is 117 Å². The maximum atomic E-state index is 13.7. The minimum Gasteiger partial charge on any atom is -0.445 e. The van der Waals surface area contributed by atoms with E-state index in [2.05, 4.69) is 31.4 Å². The lowest BCUT2D eigenvalue weighted by Gasteiger charge is -2.52. The number of hydrogen-bond donors (Lipinski definition) is 2. The summed E-state index contributed by atoms with van der Waals surface area (Å²) in [6.45, 7) is 10.4. The Kier molecular flexibility index (Phi) is 11.5. The van der Waals surface area contributed by atoms with Gasteiger partial charge in [-0.1, -0.05) is 57.5 Å². The number of nitrogens with one attached hydrogen (secondary N) is 2. The number of piperazine rings is 1. The van der Waals surface area contributed by atoms with Gasteiger partial charge in [0.2, 0.25) is 11.8 Å². The molecule has 44 heavy (non-hydrogen) atoms. The highest BCUT2D eigenvalue weighted by atomic mass is 16.6. The van der Waals surface area contributed by atoms with Crippen LogP contribution in [0.15, 0.2) is 30.3 Å². The second-order valence-corrected chi connectivity index (χ2v) is 13.3. The van der Waals surface area contributed by atoms with Gasteiger partial charge in [-0.15, -0.1) is 0 Å². The third-order valence-electron chi connectivity index (χ3n) is 9.85. The Morgan fingerprint density at radius 3 is 2.48 bits per heavy atom. The molecule has 2 saturated heterocycles. The van der Waals surface area contributed by atoms with Gasteiger partial charge in [0.15, 0.2) is 0 Å². The van der Waals surface area contributed by atoms with Crippen molar-refractivity contribution in [2.24, 2.45) is 11.8 Å². The van der Waals surface area contributed by atoms with E-state index in [1.807, 2.05) is 37.3 Å². The largest absolute Gasteiger partial charge is 0.445 e. The van der Waals surface area contributed by atoms with E-state index in [1.165, 1.54) is 6.42 Å². The lowest BCUT2D eigenvalue weighted by molar-refractivity contribution is -0.161. The summed E-state index contributed by atoms with van der Waals surface area (Å²) in [6.07, 6.45) is 6.73. The van der Waals surface area contributed by atoms with Crippen LogP contribution in [0.5, 0.6) is 0 Å². The van der Waals surface area contributed by atoms with Crippen molar-refractivity contribution in [3.05, 3.63) is 35.9 Å². The van der Waals surface area contributed by atoms with E-state index in [0.29, 0.717) is 70.1 Å². The summed E-state index contributed by atoms with van der Waals surface area (Å²) >= 11 is 0. The predicted octanol–water partition coefficient (Wildman–Crippen LogP) is 5.40. The molecule has 3 atom stereocenters. The third kappa shape index (κ3) is 7.85. The first kappa shape index (κ1) is 33.6. The van der Waals surface area contributed by atoms with Gasteiger partial charge in [0.05, 0.1) is 0 Å². The van der Waals surface area contributed by atoms with Gasteiger partial charge >= 0.3 is 12.2 Å². The molecule has 2 aliphatic heterocycles. The van der Waals surface area contributed by atoms with Crippen molar-refractivity contribution in [2.45, 2.75) is 116 Å². The van der Waals surface area contributed by atoms with Gasteiger partial charge in [0.25, 0.3) is 0 Å². The molecule has 0 unspecified atom stereocenters. The maximum absolute atomic E-state index is 13.7. The van der Waals surface area contributed by atoms with Crippen LogP contribution in [0.1, 0.15) is 97.5 Å². The van der Waals surface area contributed by atoms with Crippen molar-refractivity contribution in [3.8, 4) is 0 Å². The van der Waals surface area contributed by atoms with Crippen LogP contribution in [0.4, 0.5) is 9.59 Å². The monoisotopic (exact) mass is 612 g/mol. The second-order valence-electron chi connectivity index (χ2n) is 13.3. The molecule has 2 heterocycles. The Hall–Kier alpha value is -3.30. The van der Waals surface area contributed by atoms with Gasteiger partial charge in [-0.25, -0.2) is 9.59 Å². The molecule has 1 aromatic rings. The van der Waals surface area contributed by atoms with Gasteiger partial charge in [-0.2, -0.15) is 0 Å². The standard InChI is InChI=1S/C34H52N4O6/c1-5-21-38-29(39)28(16-10-12-20-35-31(41)43-24-26-13-7-6-8-14-26)36-30(40)34(38)18-22-37(23-19-34)32(42)44-33(4)17-11-9-15-27(33)25(2)3/h6-8,13-14,25,27-28H,5,9-12,15-24H2,1-4H3,(H,35,41)(H,36,40)/t27-,28+,33+/m1/s1. The molecule has 0 radical (unpaired) electrons. The molecule has 1 saturated carbocycles. The fourth-order valence-corrected chi connectivity index (χ4v) is 7.37. The van der Waals surface area contributed by atoms with Crippen molar-refractivity contribution in [1.29, 1.82) is 0 Å². The zero-order valence-corrected chi connectivity index (χ0v) is 27.1. The Balaban J connectivity index is 1.25. The zero-order valence-electron chi connectivity index (χ0n) is 27.1. The summed E-state index contributed by atoms with van der Waals surface area (Å²) in [5.74, 6) is 0.569. The number of carbonyl (C=O) groups excluding carboxylic acids is 4. The lowest BCUT2D eigenvalue weighted by Crippen LogP contribution is -2.73. The first-order chi connectivity index (χ1) is 21.1. The minimum atomic E-state index is -0.945. The number of hydrogen-bond acceptors (Lipinski definition) is 6. The van der Waals surface area contributed by atoms with Crippen molar-refractivity contribution >= 4 is 24.0 Å². The Morgan fingerprint density at radius 1 is 1.07 bits per heavy atom. The van der Waals surface area contributed by atoms with Gasteiger partial charge in [-0.05, 0) is 76.2 Å². The Bertz CT molecular complexity index is 1140. The first-order valence-corrected chi connectivity index (χ1v) is 16.6. The number of likely N-dealkylation sites (tertiary alicyclic amines) is 1. The molecular formula is C34H52N4O6. The smallest absolute Gasteiger partial charge is 0.410 e. The molecule has 1 spiro atoms. The lowest BCUT2D eigenvalue weighted by atomic mass is 9.71. The van der Waals surface area contributed by atoms with Gasteiger partial charge < -0.3 is 29.9 Å². The van der Waals surface area contributed by atoms with Crippen molar-refractivity contribution < 1.29 is 28.7 Å². The highest BCUT2D eigenvalue weighted by Crippen LogP contribution is 2.42. The average molecular weight is 613 g/mol. The maximum Gasteiger partial charge on any atom is 0.410 e. The highest BCUT2D eigenvalue weighted by Gasteiger charge is 2.54. The second kappa shape index (κ2) is 15.1. The SMILES string of the molecule is CCCN1C(=O)[C@H](CCCCNC(=O)OCc2ccccc2)NC(=O)C12CCN(C(=O)O[C@@]1(C)CCCC[C@@H]1C(C)C)CC2. The number of amides is 4. The van der Waals surface area contributed by atoms with Crippen LogP contribution in [0, 0.1) is 11.8 Å². The van der Waals surface area contributed by atoms with E-state index in [4.69, 9.17) is 9.47 Å². The van der Waals surface area contributed by atoms with Gasteiger partial charge in [-0.3, -0.25) is 9.59 Å². The molecule has 0 aromatic heterocycles. The number of unbranched alkanes of at least 4 members (excludes halogenated alkanes) is 1. The number of ether oxygens (including phenoxy) is 2. The third-order valence-corrected chi connectivity index (χ3v) is 9.85. The van der Waals surface area contributed by atoms with Gasteiger partial charge in [0, 0.05) is 32.1 Å². The van der Waals surface area contributed by atoms with E-state index in [-0.39, 0.29) is 24.5 Å². The van der Waals surface area contributed by atoms with Crippen molar-refractivity contribution in [1.82, 2.24) is 20.4 Å². The van der Waals surface area contributed by atoms with Gasteiger partial charge in [0.1, 0.15) is 23.8 Å². The number of piperidine rings is 1. The molecule has 10 heteroatoms. The molecule has 1 aliphatic carbocycles. The number of nitrogens with zero attached hydrogens (tertiary/aromatic N) is 2. The van der Waals surface area contributed by atoms with Crippen LogP contribution in [0.3, 0.4) is 0 Å². The molecule has 4 rings (SSSR count). The summed E-state index contributed by atoms with van der Waals surface area (Å²) < 4.78 is 11.4. The summed E-state index contributed by atoms with van der Waals surface area (Å²) in [5, 5.41) is 5.76. The zero-order chi connectivity index (χ0) is 31.7. The molecule has 244 valence electrons. The summed E-state index contributed by atoms with van der Waals surface area (Å²) in [7, 11) is 0. The Morgan fingerprint density at radius 2 is 1.80 bits per heavy atom. The molecule has 3 fully saturated rings. The molecule has 3 aliphatic rings. The quantitative estimate of drug-likeness (QED) is 0.324. The van der Waals surface area contributed by atoms with E-state index < -0.39 is 23.3 Å². The van der Waals surface area contributed by atoms with Crippen LogP contribution in [-0.4, -0.2) is 77.2 Å². The number of rotatable bonds is 11. The molecular weight excluding hydrogens is 560 g/mol. The van der Waals surface area contributed by atoms with E-state index in [0.717, 1.165) is 31.2 Å². The molecule has 4 amide bonds. The van der Waals surface area contributed by atoms with Crippen LogP contribution in [-0.2, 0) is 25.7 Å². The van der Waals surface area contributed by atoms with Crippen molar-refractivity contribution in [2.75, 3.05) is 26.2 Å². The number of alkyl carbamates (subject to hydrolysis) is 1. The molecule has 1 aromatic carbocycles. The van der Waals surface area contributed by atoms with Crippen LogP contribution in [0.2, 0.25) is 0 Å². The fraction of sp³-hybridized carbons (Fsp3) is 0.706. The molecule has 0 bridgehead atoms. The minimum absolute atomic E-state index is 0.0628. The highest BCUT2D eigenvalue weighted by molar-refractivity contribution is 6.00.